The molecule has 0 aliphatic carbocycles. The minimum atomic E-state index is -0.824. The quantitative estimate of drug-likeness (QED) is 0.496. The molecule has 13 heavy (non-hydrogen) atoms. The summed E-state index contributed by atoms with van der Waals surface area (Å²) < 4.78 is 13.2. The molecule has 0 saturated carbocycles. The van der Waals surface area contributed by atoms with Crippen molar-refractivity contribution in [3.05, 3.63) is 0 Å². The van der Waals surface area contributed by atoms with Crippen LogP contribution in [0.4, 0.5) is 0 Å². The third kappa shape index (κ3) is 4.11. The second-order valence-corrected chi connectivity index (χ2v) is 4.58. The molecule has 0 aromatic carbocycles. The molecular weight excluding hydrogens is 231 g/mol. The summed E-state index contributed by atoms with van der Waals surface area (Å²) in [5.74, 6) is -0.284. The van der Waals surface area contributed by atoms with E-state index in [4.69, 9.17) is 9.47 Å². The molecule has 1 N–H and O–H groups in total. The second-order valence-electron chi connectivity index (χ2n) is 3.10. The molecular formula is C8H19GeNO3. The molecule has 1 atom stereocenters. The summed E-state index contributed by atoms with van der Waals surface area (Å²) in [6, 6.07) is 0. The maximum atomic E-state index is 11.5. The van der Waals surface area contributed by atoms with Gasteiger partial charge in [0.25, 0.3) is 0 Å². The van der Waals surface area contributed by atoms with E-state index in [-0.39, 0.29) is 5.97 Å². The Morgan fingerprint density at radius 2 is 2.23 bits per heavy atom. The second kappa shape index (κ2) is 6.40. The molecule has 0 aliphatic rings. The van der Waals surface area contributed by atoms with Crippen molar-refractivity contribution in [1.29, 1.82) is 0 Å². The van der Waals surface area contributed by atoms with Crippen LogP contribution in [0.2, 0.25) is 0 Å². The Hall–Kier alpha value is -0.0671. The third-order valence-corrected chi connectivity index (χ3v) is 2.58. The van der Waals surface area contributed by atoms with Crippen LogP contribution in [0.1, 0.15) is 20.3 Å². The first kappa shape index (κ1) is 12.9. The molecule has 78 valence electrons. The minimum absolute atomic E-state index is 0.284. The third-order valence-electron chi connectivity index (χ3n) is 1.83. The van der Waals surface area contributed by atoms with Crippen LogP contribution >= 0.6 is 0 Å². The first-order valence-corrected chi connectivity index (χ1v) is 6.57. The van der Waals surface area contributed by atoms with Crippen molar-refractivity contribution in [3.63, 3.8) is 0 Å². The fraction of sp³-hybridized carbons (Fsp3) is 0.875. The van der Waals surface area contributed by atoms with Gasteiger partial charge >= 0.3 is 87.4 Å². The van der Waals surface area contributed by atoms with Crippen LogP contribution in [0.25, 0.3) is 0 Å². The maximum absolute atomic E-state index is 11.5. The fourth-order valence-corrected chi connectivity index (χ4v) is 2.33. The van der Waals surface area contributed by atoms with E-state index in [2.05, 4.69) is 4.27 Å². The molecule has 0 aromatic rings. The van der Waals surface area contributed by atoms with Crippen LogP contribution in [-0.2, 0) is 14.3 Å². The zero-order valence-corrected chi connectivity index (χ0v) is 13.0. The van der Waals surface area contributed by atoms with E-state index in [1.807, 2.05) is 6.92 Å². The molecule has 5 heteroatoms. The molecule has 0 aliphatic heterocycles. The normalized spacial score (nSPS) is 15.3. The monoisotopic (exact) mass is 251 g/mol. The number of esters is 1. The van der Waals surface area contributed by atoms with Gasteiger partial charge in [0, 0.05) is 0 Å². The van der Waals surface area contributed by atoms with Crippen LogP contribution in [-0.4, -0.2) is 48.6 Å². The Morgan fingerprint density at radius 1 is 1.62 bits per heavy atom. The summed E-state index contributed by atoms with van der Waals surface area (Å²) in [5.41, 5.74) is -0.824. The van der Waals surface area contributed by atoms with Crippen LogP contribution in [0.15, 0.2) is 0 Å². The molecule has 0 bridgehead atoms. The van der Waals surface area contributed by atoms with Gasteiger partial charge in [0.2, 0.25) is 0 Å². The first-order valence-electron chi connectivity index (χ1n) is 4.47. The van der Waals surface area contributed by atoms with E-state index in [9.17, 15) is 4.79 Å². The standard InChI is InChI=1S/C8H19GeNO3/c1-4-5-13-7(11)8(2,12-3)6-10-9/h10H,4-6H2,1-3,9H3. The number of rotatable bonds is 6. The Kier molecular flexibility index (Phi) is 6.36. The van der Waals surface area contributed by atoms with Crippen molar-refractivity contribution >= 4 is 22.7 Å². The summed E-state index contributed by atoms with van der Waals surface area (Å²) in [6.45, 7) is 4.70. The molecule has 0 heterocycles. The topological polar surface area (TPSA) is 47.6 Å². The molecule has 4 nitrogen and oxygen atoms in total. The van der Waals surface area contributed by atoms with Crippen LogP contribution < -0.4 is 4.27 Å². The molecule has 0 amide bonds. The summed E-state index contributed by atoms with van der Waals surface area (Å²) in [7, 11) is 1.53. The van der Waals surface area contributed by atoms with Crippen LogP contribution in [0.3, 0.4) is 0 Å². The number of hydrogen-bond acceptors (Lipinski definition) is 4. The molecule has 1 unspecified atom stereocenters. The SMILES string of the molecule is CCCOC(=O)C(C)(C[NH][GeH3])OC. The number of carbonyl (C=O) groups is 1. The molecule has 0 fully saturated rings. The van der Waals surface area contributed by atoms with Gasteiger partial charge in [-0.15, -0.1) is 0 Å². The summed E-state index contributed by atoms with van der Waals surface area (Å²) in [5, 5.41) is 0. The zero-order chi connectivity index (χ0) is 10.3. The number of carbonyl (C=O) groups excluding carboxylic acids is 1. The van der Waals surface area contributed by atoms with Crippen molar-refractivity contribution in [1.82, 2.24) is 4.27 Å². The van der Waals surface area contributed by atoms with Gasteiger partial charge in [-0.25, -0.2) is 0 Å². The van der Waals surface area contributed by atoms with Gasteiger partial charge in [0.1, 0.15) is 0 Å². The van der Waals surface area contributed by atoms with E-state index >= 15 is 0 Å². The van der Waals surface area contributed by atoms with Gasteiger partial charge in [0.05, 0.1) is 0 Å². The number of ether oxygens (including phenoxy) is 2. The first-order chi connectivity index (χ1) is 6.10. The van der Waals surface area contributed by atoms with Gasteiger partial charge in [-0.1, -0.05) is 0 Å². The van der Waals surface area contributed by atoms with Gasteiger partial charge < -0.3 is 0 Å². The molecule has 0 radical (unpaired) electrons. The van der Waals surface area contributed by atoms with E-state index in [1.165, 1.54) is 7.11 Å². The Balaban J connectivity index is 4.12. The summed E-state index contributed by atoms with van der Waals surface area (Å²) >= 11 is 0.512. The predicted molar refractivity (Wildman–Crippen MR) is 54.6 cm³/mol. The van der Waals surface area contributed by atoms with Crippen molar-refractivity contribution in [3.8, 4) is 0 Å². The number of nitrogens with one attached hydrogen (secondary N) is 1. The van der Waals surface area contributed by atoms with Gasteiger partial charge in [-0.05, 0) is 0 Å². The summed E-state index contributed by atoms with van der Waals surface area (Å²) in [4.78, 5) is 11.5. The van der Waals surface area contributed by atoms with E-state index < -0.39 is 5.60 Å². The van der Waals surface area contributed by atoms with Gasteiger partial charge in [-0.3, -0.25) is 0 Å². The Bertz CT molecular complexity index is 165. The van der Waals surface area contributed by atoms with Gasteiger partial charge in [0.15, 0.2) is 0 Å². The molecule has 0 saturated heterocycles. The van der Waals surface area contributed by atoms with Crippen LogP contribution in [0.5, 0.6) is 0 Å². The predicted octanol–water partition coefficient (Wildman–Crippen LogP) is -0.785. The average Bonchev–Trinajstić information content (AvgIpc) is 2.14. The number of hydrogen-bond donors (Lipinski definition) is 1. The van der Waals surface area contributed by atoms with E-state index in [0.29, 0.717) is 29.9 Å². The fourth-order valence-electron chi connectivity index (χ4n) is 0.912. The van der Waals surface area contributed by atoms with Crippen LogP contribution in [0, 0.1) is 0 Å². The molecule has 0 rings (SSSR count). The van der Waals surface area contributed by atoms with Crippen molar-refractivity contribution in [2.24, 2.45) is 0 Å². The molecule has 0 spiro atoms. The average molecular weight is 250 g/mol. The Morgan fingerprint density at radius 3 is 2.62 bits per heavy atom. The molecule has 0 aromatic heterocycles. The summed E-state index contributed by atoms with van der Waals surface area (Å²) in [6.07, 6.45) is 0.836. The number of methoxy groups -OCH3 is 1. The van der Waals surface area contributed by atoms with Crippen molar-refractivity contribution in [2.45, 2.75) is 25.9 Å². The van der Waals surface area contributed by atoms with Gasteiger partial charge in [-0.2, -0.15) is 0 Å². The Labute approximate surface area is 87.8 Å². The van der Waals surface area contributed by atoms with E-state index in [0.717, 1.165) is 6.42 Å². The van der Waals surface area contributed by atoms with Crippen molar-refractivity contribution < 1.29 is 14.3 Å². The van der Waals surface area contributed by atoms with Crippen molar-refractivity contribution in [2.75, 3.05) is 20.3 Å². The zero-order valence-electron chi connectivity index (χ0n) is 8.85. The van der Waals surface area contributed by atoms with E-state index in [1.54, 1.807) is 6.92 Å².